The molecule has 3 aromatic carbocycles. The summed E-state index contributed by atoms with van der Waals surface area (Å²) in [5.74, 6) is 1.84. The van der Waals surface area contributed by atoms with Crippen LogP contribution in [0.25, 0.3) is 0 Å². The zero-order valence-corrected chi connectivity index (χ0v) is 30.5. The second-order valence-electron chi connectivity index (χ2n) is 16.1. The highest BCUT2D eigenvalue weighted by Gasteiger charge is 2.51. The Morgan fingerprint density at radius 1 is 0.820 bits per heavy atom. The summed E-state index contributed by atoms with van der Waals surface area (Å²) in [6, 6.07) is 25.0. The molecule has 0 saturated heterocycles. The van der Waals surface area contributed by atoms with Gasteiger partial charge >= 0.3 is 0 Å². The van der Waals surface area contributed by atoms with Crippen molar-refractivity contribution in [3.05, 3.63) is 101 Å². The predicted octanol–water partition coefficient (Wildman–Crippen LogP) is 7.32. The van der Waals surface area contributed by atoms with Crippen LogP contribution in [0.15, 0.2) is 78.9 Å². The maximum atomic E-state index is 14.6. The number of sulfonamides is 1. The van der Waals surface area contributed by atoms with E-state index in [-0.39, 0.29) is 30.5 Å². The third kappa shape index (κ3) is 7.80. The van der Waals surface area contributed by atoms with E-state index < -0.39 is 22.0 Å². The molecular formula is C42H53N3O4S. The number of hydrogen-bond donors (Lipinski definition) is 1. The van der Waals surface area contributed by atoms with Gasteiger partial charge in [-0.1, -0.05) is 91.6 Å². The Morgan fingerprint density at radius 3 is 2.04 bits per heavy atom. The van der Waals surface area contributed by atoms with Crippen LogP contribution < -0.4 is 9.62 Å². The number of anilines is 1. The van der Waals surface area contributed by atoms with Gasteiger partial charge in [0.1, 0.15) is 12.6 Å². The van der Waals surface area contributed by atoms with Gasteiger partial charge in [-0.25, -0.2) is 8.42 Å². The van der Waals surface area contributed by atoms with Crippen LogP contribution in [0.2, 0.25) is 0 Å². The topological polar surface area (TPSA) is 86.8 Å². The summed E-state index contributed by atoms with van der Waals surface area (Å²) >= 11 is 0. The number of aryl methyl sites for hydroxylation is 1. The highest BCUT2D eigenvalue weighted by molar-refractivity contribution is 7.92. The van der Waals surface area contributed by atoms with Gasteiger partial charge in [0.15, 0.2) is 0 Å². The Morgan fingerprint density at radius 2 is 1.44 bits per heavy atom. The fourth-order valence-electron chi connectivity index (χ4n) is 10.2. The van der Waals surface area contributed by atoms with Gasteiger partial charge in [-0.15, -0.1) is 0 Å². The van der Waals surface area contributed by atoms with Crippen LogP contribution in [0, 0.1) is 24.7 Å². The number of carbonyl (C=O) groups excluding carboxylic acids is 2. The van der Waals surface area contributed by atoms with E-state index in [4.69, 9.17) is 0 Å². The average Bonchev–Trinajstić information content (AvgIpc) is 3.08. The van der Waals surface area contributed by atoms with Crippen molar-refractivity contribution in [3.8, 4) is 0 Å². The van der Waals surface area contributed by atoms with Crippen molar-refractivity contribution in [2.24, 2.45) is 17.8 Å². The van der Waals surface area contributed by atoms with E-state index in [9.17, 15) is 18.0 Å². The summed E-state index contributed by atoms with van der Waals surface area (Å²) in [7, 11) is -3.83. The third-order valence-corrected chi connectivity index (χ3v) is 13.3. The van der Waals surface area contributed by atoms with Crippen molar-refractivity contribution in [3.63, 3.8) is 0 Å². The van der Waals surface area contributed by atoms with E-state index in [1.54, 1.807) is 4.90 Å². The molecule has 0 aromatic heterocycles. The molecule has 2 amide bonds. The molecule has 5 fully saturated rings. The minimum atomic E-state index is -3.83. The maximum absolute atomic E-state index is 14.6. The van der Waals surface area contributed by atoms with Crippen LogP contribution in [-0.4, -0.2) is 50.0 Å². The predicted molar refractivity (Wildman–Crippen MR) is 199 cm³/mol. The Balaban J connectivity index is 1.18. The standard InChI is InChI=1S/C42H53N3O4S/c1-30-10-9-13-32(20-30)28-44(39(24-31-11-5-3-6-12-31)41(47)43-37-14-7-4-8-15-37)40(46)29-45(50(2,48)49)38-18-16-36(17-19-38)42-25-33-21-34(26-42)23-35(22-33)27-42/h3,5-6,9-13,16-20,33-35,37,39H,4,7-8,14-15,21-29H2,1-2H3,(H,43,47)/t33?,34?,35?,39-,42?/m1/s1. The quantitative estimate of drug-likeness (QED) is 0.215. The first-order chi connectivity index (χ1) is 24.0. The van der Waals surface area contributed by atoms with E-state index in [0.717, 1.165) is 66.4 Å². The molecule has 1 N–H and O–H groups in total. The monoisotopic (exact) mass is 695 g/mol. The Bertz CT molecular complexity index is 1730. The second kappa shape index (κ2) is 14.5. The van der Waals surface area contributed by atoms with Crippen molar-refractivity contribution in [2.45, 2.75) is 108 Å². The molecule has 50 heavy (non-hydrogen) atoms. The number of carbonyl (C=O) groups is 2. The molecule has 5 aliphatic carbocycles. The summed E-state index contributed by atoms with van der Waals surface area (Å²) in [6.45, 7) is 1.81. The molecule has 8 rings (SSSR count). The molecule has 5 saturated carbocycles. The highest BCUT2D eigenvalue weighted by atomic mass is 32.2. The second-order valence-corrected chi connectivity index (χ2v) is 18.0. The van der Waals surface area contributed by atoms with Crippen LogP contribution in [-0.2, 0) is 38.0 Å². The maximum Gasteiger partial charge on any atom is 0.244 e. The lowest BCUT2D eigenvalue weighted by Crippen LogP contribution is -2.55. The zero-order chi connectivity index (χ0) is 34.9. The van der Waals surface area contributed by atoms with Crippen LogP contribution in [0.3, 0.4) is 0 Å². The molecule has 0 aliphatic heterocycles. The SMILES string of the molecule is Cc1cccc(CN(C(=O)CN(c2ccc(C34CC5CC(CC(C5)C3)C4)cc2)S(C)(=O)=O)[C@H](Cc2ccccc2)C(=O)NC2CCCCC2)c1. The average molecular weight is 696 g/mol. The number of nitrogens with one attached hydrogen (secondary N) is 1. The van der Waals surface area contributed by atoms with Crippen molar-refractivity contribution >= 4 is 27.5 Å². The Kier molecular flexibility index (Phi) is 10.1. The molecular weight excluding hydrogens is 643 g/mol. The summed E-state index contributed by atoms with van der Waals surface area (Å²) < 4.78 is 28.1. The molecule has 0 radical (unpaired) electrons. The minimum Gasteiger partial charge on any atom is -0.352 e. The van der Waals surface area contributed by atoms with Crippen LogP contribution in [0.4, 0.5) is 5.69 Å². The van der Waals surface area contributed by atoms with E-state index in [1.165, 1.54) is 54.8 Å². The molecule has 3 aromatic rings. The minimum absolute atomic E-state index is 0.0745. The molecule has 0 unspecified atom stereocenters. The fraction of sp³-hybridized carbons (Fsp3) is 0.524. The molecule has 266 valence electrons. The lowest BCUT2D eigenvalue weighted by atomic mass is 9.48. The van der Waals surface area contributed by atoms with Gasteiger partial charge in [0.2, 0.25) is 21.8 Å². The van der Waals surface area contributed by atoms with Gasteiger partial charge in [0.25, 0.3) is 0 Å². The molecule has 5 aliphatic rings. The van der Waals surface area contributed by atoms with Crippen molar-refractivity contribution in [1.82, 2.24) is 10.2 Å². The lowest BCUT2D eigenvalue weighted by molar-refractivity contribution is -0.140. The summed E-state index contributed by atoms with van der Waals surface area (Å²) in [5, 5.41) is 3.28. The first kappa shape index (κ1) is 34.8. The van der Waals surface area contributed by atoms with Gasteiger partial charge in [-0.05, 0) is 110 Å². The summed E-state index contributed by atoms with van der Waals surface area (Å²) in [5.41, 5.74) is 4.88. The lowest BCUT2D eigenvalue weighted by Gasteiger charge is -2.57. The van der Waals surface area contributed by atoms with Crippen molar-refractivity contribution in [2.75, 3.05) is 17.1 Å². The van der Waals surface area contributed by atoms with Crippen LogP contribution in [0.1, 0.15) is 92.9 Å². The van der Waals surface area contributed by atoms with Gasteiger partial charge in [-0.3, -0.25) is 13.9 Å². The number of hydrogen-bond acceptors (Lipinski definition) is 4. The first-order valence-electron chi connectivity index (χ1n) is 18.8. The Labute approximate surface area is 298 Å². The molecule has 1 atom stereocenters. The van der Waals surface area contributed by atoms with E-state index in [0.29, 0.717) is 12.1 Å². The summed E-state index contributed by atoms with van der Waals surface area (Å²) in [4.78, 5) is 30.5. The normalized spacial score (nSPS) is 25.2. The largest absolute Gasteiger partial charge is 0.352 e. The molecule has 8 heteroatoms. The fourth-order valence-corrected chi connectivity index (χ4v) is 11.0. The van der Waals surface area contributed by atoms with Gasteiger partial charge < -0.3 is 10.2 Å². The summed E-state index contributed by atoms with van der Waals surface area (Å²) in [6.07, 6.45) is 14.4. The van der Waals surface area contributed by atoms with Crippen LogP contribution >= 0.6 is 0 Å². The molecule has 0 heterocycles. The highest BCUT2D eigenvalue weighted by Crippen LogP contribution is 2.60. The van der Waals surface area contributed by atoms with Gasteiger partial charge in [0, 0.05) is 19.0 Å². The van der Waals surface area contributed by atoms with E-state index >= 15 is 0 Å². The number of rotatable bonds is 12. The van der Waals surface area contributed by atoms with Gasteiger partial charge in [0.05, 0.1) is 11.9 Å². The number of amides is 2. The van der Waals surface area contributed by atoms with E-state index in [1.807, 2.05) is 73.7 Å². The number of nitrogens with zero attached hydrogens (tertiary/aromatic N) is 2. The zero-order valence-electron chi connectivity index (χ0n) is 29.7. The van der Waals surface area contributed by atoms with Gasteiger partial charge in [-0.2, -0.15) is 0 Å². The number of benzene rings is 3. The first-order valence-corrected chi connectivity index (χ1v) is 20.7. The smallest absolute Gasteiger partial charge is 0.244 e. The molecule has 7 nitrogen and oxygen atoms in total. The van der Waals surface area contributed by atoms with Crippen molar-refractivity contribution in [1.29, 1.82) is 0 Å². The van der Waals surface area contributed by atoms with Crippen LogP contribution in [0.5, 0.6) is 0 Å². The Hall–Kier alpha value is -3.65. The molecule has 4 bridgehead atoms. The van der Waals surface area contributed by atoms with E-state index in [2.05, 4.69) is 17.4 Å². The van der Waals surface area contributed by atoms with Crippen molar-refractivity contribution < 1.29 is 18.0 Å². The third-order valence-electron chi connectivity index (χ3n) is 12.1. The molecule has 0 spiro atoms.